The van der Waals surface area contributed by atoms with E-state index in [2.05, 4.69) is 20.2 Å². The highest BCUT2D eigenvalue weighted by Gasteiger charge is 2.19. The number of carbonyl (C=O) groups excluding carboxylic acids is 1. The zero-order valence-corrected chi connectivity index (χ0v) is 17.6. The van der Waals surface area contributed by atoms with Gasteiger partial charge in [0.15, 0.2) is 0 Å². The topological polar surface area (TPSA) is 119 Å². The summed E-state index contributed by atoms with van der Waals surface area (Å²) in [6.45, 7) is 3.43. The smallest absolute Gasteiger partial charge is 0.264 e. The molecule has 0 saturated carbocycles. The van der Waals surface area contributed by atoms with Crippen LogP contribution in [0.1, 0.15) is 17.0 Å². The van der Waals surface area contributed by atoms with Crippen LogP contribution >= 0.6 is 0 Å². The Bertz CT molecular complexity index is 1380. The molecule has 0 aliphatic rings. The van der Waals surface area contributed by atoms with Crippen molar-refractivity contribution in [2.24, 2.45) is 0 Å². The molecule has 0 aliphatic carbocycles. The molecule has 1 aromatic carbocycles. The molecule has 0 spiro atoms. The second-order valence-corrected chi connectivity index (χ2v) is 8.47. The number of hydrogen-bond donors (Lipinski definition) is 2. The summed E-state index contributed by atoms with van der Waals surface area (Å²) in [6.07, 6.45) is 6.57. The number of rotatable bonds is 6. The molecule has 0 aliphatic heterocycles. The summed E-state index contributed by atoms with van der Waals surface area (Å²) in [7, 11) is -3.85. The van der Waals surface area contributed by atoms with Crippen molar-refractivity contribution in [3.05, 3.63) is 77.9 Å². The van der Waals surface area contributed by atoms with Gasteiger partial charge in [0, 0.05) is 23.5 Å². The van der Waals surface area contributed by atoms with E-state index in [9.17, 15) is 13.2 Å². The van der Waals surface area contributed by atoms with Crippen molar-refractivity contribution in [3.63, 3.8) is 0 Å². The van der Waals surface area contributed by atoms with Crippen LogP contribution in [-0.2, 0) is 14.8 Å². The molecular weight excluding hydrogens is 418 g/mol. The lowest BCUT2D eigenvalue weighted by molar-refractivity contribution is -0.111. The van der Waals surface area contributed by atoms with Crippen molar-refractivity contribution in [2.45, 2.75) is 18.7 Å². The van der Waals surface area contributed by atoms with Gasteiger partial charge in [-0.05, 0) is 56.3 Å². The van der Waals surface area contributed by atoms with E-state index < -0.39 is 10.0 Å². The molecule has 3 heterocycles. The summed E-state index contributed by atoms with van der Waals surface area (Å²) in [6, 6.07) is 11.4. The number of benzene rings is 1. The van der Waals surface area contributed by atoms with Gasteiger partial charge in [0.1, 0.15) is 5.65 Å². The quantitative estimate of drug-likeness (QED) is 0.446. The Morgan fingerprint density at radius 1 is 1.13 bits per heavy atom. The Balaban J connectivity index is 1.43. The molecule has 0 fully saturated rings. The molecule has 4 aromatic rings. The number of aryl methyl sites for hydroxylation is 1. The summed E-state index contributed by atoms with van der Waals surface area (Å²) in [5, 5.41) is 6.43. The van der Waals surface area contributed by atoms with Crippen LogP contribution in [0.4, 0.5) is 11.6 Å². The van der Waals surface area contributed by atoms with Gasteiger partial charge >= 0.3 is 0 Å². The van der Waals surface area contributed by atoms with Crippen molar-refractivity contribution < 1.29 is 17.7 Å². The summed E-state index contributed by atoms with van der Waals surface area (Å²) in [5.74, 6) is -0.278. The number of aromatic nitrogens is 3. The summed E-state index contributed by atoms with van der Waals surface area (Å²) in [5.41, 5.74) is 3.22. The average molecular weight is 437 g/mol. The predicted molar refractivity (Wildman–Crippen MR) is 116 cm³/mol. The first-order valence-electron chi connectivity index (χ1n) is 9.30. The number of hydrogen-bond acceptors (Lipinski definition) is 6. The van der Waals surface area contributed by atoms with E-state index in [1.54, 1.807) is 26.1 Å². The average Bonchev–Trinajstić information content (AvgIpc) is 3.31. The van der Waals surface area contributed by atoms with Crippen LogP contribution in [0.2, 0.25) is 0 Å². The molecule has 0 radical (unpaired) electrons. The van der Waals surface area contributed by atoms with Gasteiger partial charge in [0.05, 0.1) is 22.5 Å². The molecule has 9 nitrogen and oxygen atoms in total. The maximum Gasteiger partial charge on any atom is 0.264 e. The van der Waals surface area contributed by atoms with Gasteiger partial charge in [-0.3, -0.25) is 4.79 Å². The lowest BCUT2D eigenvalue weighted by Crippen LogP contribution is -2.13. The van der Waals surface area contributed by atoms with Crippen molar-refractivity contribution in [1.29, 1.82) is 0 Å². The summed E-state index contributed by atoms with van der Waals surface area (Å²) >= 11 is 0. The van der Waals surface area contributed by atoms with Crippen molar-refractivity contribution >= 4 is 39.2 Å². The van der Waals surface area contributed by atoms with E-state index in [0.717, 1.165) is 11.3 Å². The molecule has 1 amide bonds. The minimum absolute atomic E-state index is 0.0280. The Morgan fingerprint density at radius 2 is 1.90 bits per heavy atom. The second-order valence-electron chi connectivity index (χ2n) is 6.79. The molecule has 31 heavy (non-hydrogen) atoms. The number of fused-ring (bicyclic) bond motifs is 1. The first kappa shape index (κ1) is 20.4. The maximum absolute atomic E-state index is 12.5. The molecule has 3 aromatic heterocycles. The molecular formula is C21H19N5O4S. The Kier molecular flexibility index (Phi) is 5.30. The van der Waals surface area contributed by atoms with E-state index in [4.69, 9.17) is 4.52 Å². The van der Waals surface area contributed by atoms with Gasteiger partial charge in [0.2, 0.25) is 11.8 Å². The highest BCUT2D eigenvalue weighted by molar-refractivity contribution is 7.92. The van der Waals surface area contributed by atoms with Gasteiger partial charge in [-0.2, -0.15) is 0 Å². The predicted octanol–water partition coefficient (Wildman–Crippen LogP) is 3.39. The summed E-state index contributed by atoms with van der Waals surface area (Å²) in [4.78, 5) is 16.5. The van der Waals surface area contributed by atoms with Gasteiger partial charge in [-0.15, -0.1) is 0 Å². The lowest BCUT2D eigenvalue weighted by Gasteiger charge is -2.07. The standard InChI is InChI=1S/C21H19N5O4S/c1-14-15(2)24-30-21(14)25-31(28,29)18-9-6-16(7-10-18)23-20(27)11-8-17-13-22-19-5-3-4-12-26(17)19/h3-13,25H,1-2H3,(H,23,27)/b11-8+. The molecule has 158 valence electrons. The van der Waals surface area contributed by atoms with E-state index in [0.29, 0.717) is 16.9 Å². The Hall–Kier alpha value is -3.92. The number of anilines is 2. The van der Waals surface area contributed by atoms with E-state index >= 15 is 0 Å². The lowest BCUT2D eigenvalue weighted by atomic mass is 10.3. The monoisotopic (exact) mass is 437 g/mol. The molecule has 4 rings (SSSR count). The van der Waals surface area contributed by atoms with Crippen LogP contribution in [0.5, 0.6) is 0 Å². The highest BCUT2D eigenvalue weighted by atomic mass is 32.2. The second kappa shape index (κ2) is 8.07. The minimum Gasteiger partial charge on any atom is -0.337 e. The van der Waals surface area contributed by atoms with Crippen molar-refractivity contribution in [1.82, 2.24) is 14.5 Å². The van der Waals surface area contributed by atoms with Gasteiger partial charge in [-0.25, -0.2) is 18.1 Å². The summed E-state index contributed by atoms with van der Waals surface area (Å²) < 4.78 is 34.3. The normalized spacial score (nSPS) is 11.8. The number of sulfonamides is 1. The largest absolute Gasteiger partial charge is 0.337 e. The number of imidazole rings is 1. The zero-order chi connectivity index (χ0) is 22.0. The van der Waals surface area contributed by atoms with Crippen molar-refractivity contribution in [3.8, 4) is 0 Å². The van der Waals surface area contributed by atoms with Crippen LogP contribution in [0.15, 0.2) is 70.4 Å². The first-order valence-corrected chi connectivity index (χ1v) is 10.8. The molecule has 0 unspecified atom stereocenters. The highest BCUT2D eigenvalue weighted by Crippen LogP contribution is 2.22. The van der Waals surface area contributed by atoms with Gasteiger partial charge in [-0.1, -0.05) is 11.2 Å². The maximum atomic E-state index is 12.5. The first-order chi connectivity index (χ1) is 14.8. The van der Waals surface area contributed by atoms with Crippen LogP contribution in [0.25, 0.3) is 11.7 Å². The zero-order valence-electron chi connectivity index (χ0n) is 16.7. The van der Waals surface area contributed by atoms with Crippen LogP contribution in [-0.4, -0.2) is 28.9 Å². The number of nitrogens with zero attached hydrogens (tertiary/aromatic N) is 3. The molecule has 10 heteroatoms. The van der Waals surface area contributed by atoms with E-state index in [1.807, 2.05) is 28.8 Å². The fourth-order valence-electron chi connectivity index (χ4n) is 2.83. The SMILES string of the molecule is Cc1noc(NS(=O)(=O)c2ccc(NC(=O)/C=C/c3cnc4ccccn34)cc2)c1C. The molecule has 0 saturated heterocycles. The third-order valence-electron chi connectivity index (χ3n) is 4.67. The van der Waals surface area contributed by atoms with Crippen molar-refractivity contribution in [2.75, 3.05) is 10.0 Å². The van der Waals surface area contributed by atoms with Crippen LogP contribution in [0, 0.1) is 13.8 Å². The van der Waals surface area contributed by atoms with E-state index in [-0.39, 0.29) is 16.7 Å². The Morgan fingerprint density at radius 3 is 2.61 bits per heavy atom. The number of pyridine rings is 1. The van der Waals surface area contributed by atoms with Gasteiger partial charge < -0.3 is 14.2 Å². The molecule has 2 N–H and O–H groups in total. The Labute approximate surface area is 178 Å². The third kappa shape index (κ3) is 4.33. The van der Waals surface area contributed by atoms with Crippen LogP contribution in [0.3, 0.4) is 0 Å². The fourth-order valence-corrected chi connectivity index (χ4v) is 3.88. The number of amides is 1. The number of nitrogens with one attached hydrogen (secondary N) is 2. The number of carbonyl (C=O) groups is 1. The van der Waals surface area contributed by atoms with Crippen LogP contribution < -0.4 is 10.0 Å². The van der Waals surface area contributed by atoms with Gasteiger partial charge in [0.25, 0.3) is 10.0 Å². The minimum atomic E-state index is -3.85. The van der Waals surface area contributed by atoms with E-state index in [1.165, 1.54) is 30.3 Å². The third-order valence-corrected chi connectivity index (χ3v) is 6.01. The molecule has 0 atom stereocenters. The fraction of sp³-hybridized carbons (Fsp3) is 0.0952. The molecule has 0 bridgehead atoms.